The molecule has 0 spiro atoms. The van der Waals surface area contributed by atoms with E-state index in [0.717, 1.165) is 38.5 Å². The fourth-order valence-corrected chi connectivity index (χ4v) is 9.46. The van der Waals surface area contributed by atoms with Gasteiger partial charge in [0.25, 0.3) is 0 Å². The van der Waals surface area contributed by atoms with Crippen LogP contribution in [-0.4, -0.2) is 87.5 Å². The first-order valence-electron chi connectivity index (χ1n) is 28.2. The highest BCUT2D eigenvalue weighted by Crippen LogP contribution is 2.23. The van der Waals surface area contributed by atoms with Crippen molar-refractivity contribution in [2.45, 2.75) is 333 Å². The molecule has 1 fully saturated rings. The number of unbranched alkanes of at least 4 members (excludes halogenated alkanes) is 39. The van der Waals surface area contributed by atoms with Gasteiger partial charge in [0, 0.05) is 6.42 Å². The van der Waals surface area contributed by atoms with Crippen molar-refractivity contribution in [2.24, 2.45) is 0 Å². The van der Waals surface area contributed by atoms with Crippen LogP contribution in [0.3, 0.4) is 0 Å². The van der Waals surface area contributed by atoms with Gasteiger partial charge >= 0.3 is 0 Å². The summed E-state index contributed by atoms with van der Waals surface area (Å²) in [6.45, 7) is 3.85. The molecule has 382 valence electrons. The summed E-state index contributed by atoms with van der Waals surface area (Å²) < 4.78 is 11.3. The quantitative estimate of drug-likeness (QED) is 0.0331. The van der Waals surface area contributed by atoms with Crippen LogP contribution in [0.25, 0.3) is 0 Å². The summed E-state index contributed by atoms with van der Waals surface area (Å²) in [6, 6.07) is -0.711. The van der Waals surface area contributed by atoms with Gasteiger partial charge in [-0.1, -0.05) is 271 Å². The van der Waals surface area contributed by atoms with Crippen LogP contribution in [0.1, 0.15) is 290 Å². The summed E-state index contributed by atoms with van der Waals surface area (Å²) in [6.07, 6.45) is 47.3. The van der Waals surface area contributed by atoms with E-state index in [2.05, 4.69) is 19.2 Å². The van der Waals surface area contributed by atoms with Crippen molar-refractivity contribution in [1.29, 1.82) is 0 Å². The van der Waals surface area contributed by atoms with Crippen LogP contribution in [0.15, 0.2) is 0 Å². The van der Waals surface area contributed by atoms with Crippen molar-refractivity contribution >= 4 is 5.91 Å². The predicted octanol–water partition coefficient (Wildman–Crippen LogP) is 13.5. The molecule has 0 aliphatic carbocycles. The minimum absolute atomic E-state index is 0.132. The van der Waals surface area contributed by atoms with Crippen molar-refractivity contribution in [2.75, 3.05) is 13.2 Å². The van der Waals surface area contributed by atoms with Crippen molar-refractivity contribution in [1.82, 2.24) is 5.32 Å². The number of nitrogens with one attached hydrogen (secondary N) is 1. The zero-order valence-electron chi connectivity index (χ0n) is 42.3. The maximum Gasteiger partial charge on any atom is 0.220 e. The van der Waals surface area contributed by atoms with E-state index in [9.17, 15) is 30.3 Å². The number of carbonyl (C=O) groups is 1. The lowest BCUT2D eigenvalue weighted by molar-refractivity contribution is -0.302. The molecule has 1 heterocycles. The monoisotopic (exact) mass is 912 g/mol. The molecule has 0 aromatic carbocycles. The molecular formula is C55H109NO8. The van der Waals surface area contributed by atoms with Gasteiger partial charge in [-0.25, -0.2) is 0 Å². The highest BCUT2D eigenvalue weighted by molar-refractivity contribution is 5.76. The van der Waals surface area contributed by atoms with Crippen molar-refractivity contribution in [3.8, 4) is 0 Å². The van der Waals surface area contributed by atoms with Crippen molar-refractivity contribution in [3.05, 3.63) is 0 Å². The summed E-state index contributed by atoms with van der Waals surface area (Å²) in [5.74, 6) is -0.139. The van der Waals surface area contributed by atoms with E-state index < -0.39 is 49.5 Å². The molecule has 1 aliphatic rings. The van der Waals surface area contributed by atoms with Gasteiger partial charge in [0.2, 0.25) is 5.91 Å². The number of aliphatic hydroxyl groups is 5. The third kappa shape index (κ3) is 35.3. The molecule has 0 radical (unpaired) electrons. The molecule has 1 rings (SSSR count). The van der Waals surface area contributed by atoms with E-state index in [4.69, 9.17) is 9.47 Å². The second-order valence-electron chi connectivity index (χ2n) is 20.1. The normalized spacial score (nSPS) is 19.9. The number of amides is 1. The van der Waals surface area contributed by atoms with Crippen LogP contribution in [0.5, 0.6) is 0 Å². The fraction of sp³-hybridized carbons (Fsp3) is 0.982. The largest absolute Gasteiger partial charge is 0.394 e. The lowest BCUT2D eigenvalue weighted by Crippen LogP contribution is -2.60. The Kier molecular flexibility index (Phi) is 43.9. The number of hydrogen-bond acceptors (Lipinski definition) is 8. The highest BCUT2D eigenvalue weighted by Gasteiger charge is 2.44. The lowest BCUT2D eigenvalue weighted by Gasteiger charge is -2.40. The van der Waals surface area contributed by atoms with Crippen LogP contribution in [0.2, 0.25) is 0 Å². The van der Waals surface area contributed by atoms with Crippen LogP contribution in [0, 0.1) is 0 Å². The Bertz CT molecular complexity index is 970. The van der Waals surface area contributed by atoms with Gasteiger partial charge in [-0.2, -0.15) is 0 Å². The Balaban J connectivity index is 2.06. The molecule has 6 N–H and O–H groups in total. The zero-order valence-corrected chi connectivity index (χ0v) is 42.3. The van der Waals surface area contributed by atoms with Crippen LogP contribution < -0.4 is 5.32 Å². The average molecular weight is 912 g/mol. The van der Waals surface area contributed by atoms with Crippen LogP contribution in [-0.2, 0) is 14.3 Å². The Morgan fingerprint density at radius 1 is 0.469 bits per heavy atom. The maximum atomic E-state index is 13.0. The topological polar surface area (TPSA) is 149 Å². The number of carbonyl (C=O) groups excluding carboxylic acids is 1. The Hall–Kier alpha value is -0.810. The number of ether oxygens (including phenoxy) is 2. The minimum atomic E-state index is -1.55. The lowest BCUT2D eigenvalue weighted by atomic mass is 9.99. The third-order valence-electron chi connectivity index (χ3n) is 14.0. The molecular weight excluding hydrogens is 803 g/mol. The molecule has 9 nitrogen and oxygen atoms in total. The smallest absolute Gasteiger partial charge is 0.220 e. The van der Waals surface area contributed by atoms with E-state index in [1.807, 2.05) is 0 Å². The van der Waals surface area contributed by atoms with E-state index in [1.165, 1.54) is 225 Å². The molecule has 2 unspecified atom stereocenters. The van der Waals surface area contributed by atoms with Gasteiger partial charge in [0.05, 0.1) is 25.4 Å². The van der Waals surface area contributed by atoms with Crippen molar-refractivity contribution < 1.29 is 39.8 Å². The highest BCUT2D eigenvalue weighted by atomic mass is 16.7. The molecule has 1 amide bonds. The summed E-state index contributed by atoms with van der Waals surface area (Å²) in [5.41, 5.74) is 0. The second kappa shape index (κ2) is 45.9. The van der Waals surface area contributed by atoms with Gasteiger partial charge in [0.15, 0.2) is 6.29 Å². The fourth-order valence-electron chi connectivity index (χ4n) is 9.46. The molecule has 0 aromatic heterocycles. The van der Waals surface area contributed by atoms with E-state index >= 15 is 0 Å². The molecule has 1 saturated heterocycles. The molecule has 0 saturated carbocycles. The van der Waals surface area contributed by atoms with Gasteiger partial charge in [-0.3, -0.25) is 4.79 Å². The summed E-state index contributed by atoms with van der Waals surface area (Å²) in [5, 5.41) is 54.4. The number of rotatable bonds is 49. The Morgan fingerprint density at radius 2 is 0.781 bits per heavy atom. The van der Waals surface area contributed by atoms with Crippen LogP contribution in [0.4, 0.5) is 0 Å². The number of hydrogen-bond donors (Lipinski definition) is 6. The Labute approximate surface area is 395 Å². The summed E-state index contributed by atoms with van der Waals surface area (Å²) >= 11 is 0. The molecule has 9 heteroatoms. The average Bonchev–Trinajstić information content (AvgIpc) is 3.29. The van der Waals surface area contributed by atoms with Crippen LogP contribution >= 0.6 is 0 Å². The molecule has 1 aliphatic heterocycles. The zero-order chi connectivity index (χ0) is 46.6. The van der Waals surface area contributed by atoms with Gasteiger partial charge < -0.3 is 40.3 Å². The maximum absolute atomic E-state index is 13.0. The molecule has 64 heavy (non-hydrogen) atoms. The van der Waals surface area contributed by atoms with Gasteiger partial charge in [0.1, 0.15) is 24.4 Å². The van der Waals surface area contributed by atoms with E-state index in [1.54, 1.807) is 0 Å². The SMILES string of the molecule is CCCCCCCCCCCCCCCCCCCCCCCCCCCCCCCCCC(=O)N[C@@H](CO[C@@H]1O[C@H](CO)[C@H](O)C(O)C1O)[C@H](O)CCCCCCCCCCCC. The van der Waals surface area contributed by atoms with E-state index in [0.29, 0.717) is 12.8 Å². The number of aliphatic hydroxyl groups excluding tert-OH is 5. The molecule has 0 bridgehead atoms. The van der Waals surface area contributed by atoms with Gasteiger partial charge in [-0.15, -0.1) is 0 Å². The Morgan fingerprint density at radius 3 is 1.11 bits per heavy atom. The first-order chi connectivity index (χ1) is 31.3. The first kappa shape index (κ1) is 61.2. The standard InChI is InChI=1S/C55H109NO8/c1-3-5-7-9-11-13-15-16-17-18-19-20-21-22-23-24-25-26-27-28-29-30-31-32-33-34-35-37-39-41-43-45-51(59)56-48(47-63-55-54(62)53(61)52(60)50(46-57)64-55)49(58)44-42-40-38-36-14-12-10-8-6-4-2/h48-50,52-55,57-58,60-62H,3-47H2,1-2H3,(H,56,59)/t48-,49+,50+,52-,53?,54?,55+/m0/s1. The second-order valence-corrected chi connectivity index (χ2v) is 20.1. The summed E-state index contributed by atoms with van der Waals surface area (Å²) in [7, 11) is 0. The predicted molar refractivity (Wildman–Crippen MR) is 268 cm³/mol. The summed E-state index contributed by atoms with van der Waals surface area (Å²) in [4.78, 5) is 13.0. The molecule has 7 atom stereocenters. The molecule has 0 aromatic rings. The van der Waals surface area contributed by atoms with Crippen molar-refractivity contribution in [3.63, 3.8) is 0 Å². The first-order valence-corrected chi connectivity index (χ1v) is 28.2. The van der Waals surface area contributed by atoms with E-state index in [-0.39, 0.29) is 12.5 Å². The minimum Gasteiger partial charge on any atom is -0.394 e. The third-order valence-corrected chi connectivity index (χ3v) is 14.0. The van der Waals surface area contributed by atoms with Gasteiger partial charge in [-0.05, 0) is 12.8 Å².